The minimum atomic E-state index is -0.615. The molecule has 116 valence electrons. The first kappa shape index (κ1) is 15.9. The molecule has 0 unspecified atom stereocenters. The minimum Gasteiger partial charge on any atom is -0.392 e. The fourth-order valence-corrected chi connectivity index (χ4v) is 2.54. The van der Waals surface area contributed by atoms with Crippen molar-refractivity contribution >= 4 is 6.29 Å². The summed E-state index contributed by atoms with van der Waals surface area (Å²) in [6.45, 7) is 2.51. The number of aldehydes is 1. The molecule has 0 aromatic carbocycles. The third-order valence-corrected chi connectivity index (χ3v) is 3.73. The molecule has 0 amide bonds. The van der Waals surface area contributed by atoms with E-state index in [-0.39, 0.29) is 18.5 Å². The Morgan fingerprint density at radius 2 is 1.50 bits per heavy atom. The minimum absolute atomic E-state index is 0.142. The number of hydrogen-bond donors (Lipinski definition) is 1. The number of carbonyl (C=O) groups is 1. The Morgan fingerprint density at radius 3 is 2.05 bits per heavy atom. The summed E-state index contributed by atoms with van der Waals surface area (Å²) >= 11 is 0. The van der Waals surface area contributed by atoms with Gasteiger partial charge in [-0.3, -0.25) is 0 Å². The molecular weight excluding hydrogens is 264 g/mol. The van der Waals surface area contributed by atoms with Crippen LogP contribution in [0.4, 0.5) is 0 Å². The molecule has 6 nitrogen and oxygen atoms in total. The van der Waals surface area contributed by atoms with Crippen LogP contribution >= 0.6 is 0 Å². The zero-order chi connectivity index (χ0) is 14.2. The molecule has 2 saturated heterocycles. The van der Waals surface area contributed by atoms with E-state index < -0.39 is 6.10 Å². The van der Waals surface area contributed by atoms with E-state index in [1.165, 1.54) is 0 Å². The monoisotopic (exact) mass is 288 g/mol. The van der Waals surface area contributed by atoms with Gasteiger partial charge in [0.25, 0.3) is 0 Å². The van der Waals surface area contributed by atoms with Gasteiger partial charge in [0.05, 0.1) is 32.5 Å². The van der Waals surface area contributed by atoms with Gasteiger partial charge in [0.2, 0.25) is 0 Å². The molecule has 0 spiro atoms. The molecule has 1 N–H and O–H groups in total. The largest absolute Gasteiger partial charge is 0.392 e. The van der Waals surface area contributed by atoms with Crippen molar-refractivity contribution in [1.29, 1.82) is 0 Å². The molecular formula is C14H24O6. The number of ether oxygens (including phenoxy) is 4. The van der Waals surface area contributed by atoms with Crippen LogP contribution in [0.5, 0.6) is 0 Å². The zero-order valence-electron chi connectivity index (χ0n) is 11.7. The molecule has 2 aliphatic rings. The average molecular weight is 288 g/mol. The van der Waals surface area contributed by atoms with Gasteiger partial charge in [-0.05, 0) is 32.1 Å². The molecule has 2 rings (SSSR count). The van der Waals surface area contributed by atoms with Crippen LogP contribution in [0.15, 0.2) is 0 Å². The fourth-order valence-electron chi connectivity index (χ4n) is 2.54. The van der Waals surface area contributed by atoms with Gasteiger partial charge in [0.15, 0.2) is 12.6 Å². The second kappa shape index (κ2) is 8.69. The van der Waals surface area contributed by atoms with E-state index in [4.69, 9.17) is 18.9 Å². The van der Waals surface area contributed by atoms with Crippen molar-refractivity contribution in [2.45, 2.75) is 50.8 Å². The van der Waals surface area contributed by atoms with Crippen LogP contribution in [0, 0.1) is 5.92 Å². The molecule has 2 heterocycles. The van der Waals surface area contributed by atoms with Crippen molar-refractivity contribution < 1.29 is 28.8 Å². The van der Waals surface area contributed by atoms with Crippen LogP contribution in [-0.4, -0.2) is 56.5 Å². The highest BCUT2D eigenvalue weighted by molar-refractivity contribution is 5.54. The van der Waals surface area contributed by atoms with Crippen LogP contribution in [0.2, 0.25) is 0 Å². The van der Waals surface area contributed by atoms with E-state index in [0.717, 1.165) is 19.1 Å². The molecule has 2 aliphatic heterocycles. The van der Waals surface area contributed by atoms with E-state index in [1.807, 2.05) is 0 Å². The predicted molar refractivity (Wildman–Crippen MR) is 70.0 cm³/mol. The number of aliphatic hydroxyl groups excluding tert-OH is 1. The van der Waals surface area contributed by atoms with Crippen LogP contribution in [0.1, 0.15) is 32.1 Å². The van der Waals surface area contributed by atoms with E-state index in [1.54, 1.807) is 0 Å². The smallest absolute Gasteiger partial charge is 0.157 e. The van der Waals surface area contributed by atoms with E-state index >= 15 is 0 Å². The first-order valence-corrected chi connectivity index (χ1v) is 7.39. The van der Waals surface area contributed by atoms with Crippen LogP contribution in [0.3, 0.4) is 0 Å². The maximum atomic E-state index is 11.1. The molecule has 0 bridgehead atoms. The van der Waals surface area contributed by atoms with Crippen LogP contribution < -0.4 is 0 Å². The summed E-state index contributed by atoms with van der Waals surface area (Å²) in [4.78, 5) is 11.1. The van der Waals surface area contributed by atoms with Gasteiger partial charge in [-0.1, -0.05) is 0 Å². The molecule has 0 aliphatic carbocycles. The van der Waals surface area contributed by atoms with Gasteiger partial charge in [-0.2, -0.15) is 0 Å². The Balaban J connectivity index is 1.59. The molecule has 20 heavy (non-hydrogen) atoms. The quantitative estimate of drug-likeness (QED) is 0.634. The van der Waals surface area contributed by atoms with Gasteiger partial charge in [-0.15, -0.1) is 0 Å². The van der Waals surface area contributed by atoms with Crippen molar-refractivity contribution in [1.82, 2.24) is 0 Å². The Kier molecular flexibility index (Phi) is 6.89. The highest BCUT2D eigenvalue weighted by Gasteiger charge is 2.23. The number of aliphatic hydroxyl groups is 1. The summed E-state index contributed by atoms with van der Waals surface area (Å²) in [6.07, 6.45) is 3.23. The summed E-state index contributed by atoms with van der Waals surface area (Å²) in [5.74, 6) is -0.354. The summed E-state index contributed by atoms with van der Waals surface area (Å²) in [7, 11) is 0. The van der Waals surface area contributed by atoms with Gasteiger partial charge in [0, 0.05) is 5.92 Å². The Labute approximate surface area is 119 Å². The molecule has 2 fully saturated rings. The molecule has 0 aromatic heterocycles. The lowest BCUT2D eigenvalue weighted by atomic mass is 9.94. The van der Waals surface area contributed by atoms with Crippen LogP contribution in [-0.2, 0) is 23.7 Å². The number of carbonyl (C=O) groups excluding carboxylic acids is 1. The molecule has 0 saturated carbocycles. The van der Waals surface area contributed by atoms with Crippen molar-refractivity contribution in [3.05, 3.63) is 0 Å². The first-order chi connectivity index (χ1) is 9.79. The number of rotatable bonds is 9. The van der Waals surface area contributed by atoms with Gasteiger partial charge in [0.1, 0.15) is 6.29 Å². The average Bonchev–Trinajstić information content (AvgIpc) is 3.12. The Morgan fingerprint density at radius 1 is 0.950 bits per heavy atom. The lowest BCUT2D eigenvalue weighted by Crippen LogP contribution is -2.24. The van der Waals surface area contributed by atoms with E-state index in [2.05, 4.69) is 0 Å². The van der Waals surface area contributed by atoms with Crippen LogP contribution in [0.25, 0.3) is 0 Å². The van der Waals surface area contributed by atoms with Crippen molar-refractivity contribution in [2.24, 2.45) is 5.92 Å². The Hall–Kier alpha value is -0.530. The van der Waals surface area contributed by atoms with Gasteiger partial charge < -0.3 is 28.8 Å². The SMILES string of the molecule is O=C[C@H](CCC1OCCO1)[C@H](O)CCCC1OCCO1. The third kappa shape index (κ3) is 5.10. The highest BCUT2D eigenvalue weighted by Crippen LogP contribution is 2.20. The lowest BCUT2D eigenvalue weighted by molar-refractivity contribution is -0.116. The zero-order valence-corrected chi connectivity index (χ0v) is 11.7. The second-order valence-corrected chi connectivity index (χ2v) is 5.22. The van der Waals surface area contributed by atoms with Crippen molar-refractivity contribution in [2.75, 3.05) is 26.4 Å². The topological polar surface area (TPSA) is 74.2 Å². The summed E-state index contributed by atoms with van der Waals surface area (Å²) in [5, 5.41) is 10.1. The molecule has 6 heteroatoms. The van der Waals surface area contributed by atoms with Gasteiger partial charge >= 0.3 is 0 Å². The van der Waals surface area contributed by atoms with E-state index in [0.29, 0.717) is 45.7 Å². The Bertz CT molecular complexity index is 273. The van der Waals surface area contributed by atoms with Crippen molar-refractivity contribution in [3.63, 3.8) is 0 Å². The fraction of sp³-hybridized carbons (Fsp3) is 0.929. The summed E-state index contributed by atoms with van der Waals surface area (Å²) in [5.41, 5.74) is 0. The normalized spacial score (nSPS) is 24.1. The summed E-state index contributed by atoms with van der Waals surface area (Å²) < 4.78 is 21.3. The lowest BCUT2D eigenvalue weighted by Gasteiger charge is -2.19. The molecule has 2 atom stereocenters. The summed E-state index contributed by atoms with van der Waals surface area (Å²) in [6, 6.07) is 0. The van der Waals surface area contributed by atoms with Gasteiger partial charge in [-0.25, -0.2) is 0 Å². The molecule has 0 aromatic rings. The third-order valence-electron chi connectivity index (χ3n) is 3.73. The standard InChI is InChI=1S/C14H24O6/c15-10-11(4-5-14-19-8-9-20-14)12(16)2-1-3-13-17-6-7-18-13/h10-14,16H,1-9H2/t11-,12+/m0/s1. The van der Waals surface area contributed by atoms with Crippen molar-refractivity contribution in [3.8, 4) is 0 Å². The maximum absolute atomic E-state index is 11.1. The van der Waals surface area contributed by atoms with E-state index in [9.17, 15) is 9.90 Å². The predicted octanol–water partition coefficient (Wildman–Crippen LogP) is 0.859. The number of hydrogen-bond acceptors (Lipinski definition) is 6. The molecule has 0 radical (unpaired) electrons. The second-order valence-electron chi connectivity index (χ2n) is 5.22. The highest BCUT2D eigenvalue weighted by atomic mass is 16.7. The maximum Gasteiger partial charge on any atom is 0.157 e. The first-order valence-electron chi connectivity index (χ1n) is 7.39.